The van der Waals surface area contributed by atoms with Crippen molar-refractivity contribution in [3.63, 3.8) is 0 Å². The number of nitrogens with one attached hydrogen (secondary N) is 1. The lowest BCUT2D eigenvalue weighted by Crippen LogP contribution is -2.35. The van der Waals surface area contributed by atoms with Crippen LogP contribution < -0.4 is 5.32 Å². The van der Waals surface area contributed by atoms with Gasteiger partial charge in [0.15, 0.2) is 0 Å². The van der Waals surface area contributed by atoms with Crippen LogP contribution in [0.3, 0.4) is 0 Å². The standard InChI is InChI=1S/C20H22ClFN2O3S/c21-18-5-4-6-19(22)17(18)13-20(25)23-14-15-7-9-16(10-8-15)28(26,27)24-11-2-1-3-12-24/h4-10H,1-3,11-14H2,(H,23,25). The molecule has 2 aromatic rings. The molecular formula is C20H22ClFN2O3S. The lowest BCUT2D eigenvalue weighted by Gasteiger charge is -2.25. The molecule has 2 aromatic carbocycles. The number of benzene rings is 2. The van der Waals surface area contributed by atoms with Crippen LogP contribution in [0.4, 0.5) is 4.39 Å². The maximum Gasteiger partial charge on any atom is 0.243 e. The van der Waals surface area contributed by atoms with E-state index in [9.17, 15) is 17.6 Å². The first kappa shape index (κ1) is 20.8. The Kier molecular flexibility index (Phi) is 6.69. The molecular weight excluding hydrogens is 403 g/mol. The molecule has 0 bridgehead atoms. The van der Waals surface area contributed by atoms with E-state index in [0.717, 1.165) is 24.8 Å². The van der Waals surface area contributed by atoms with Gasteiger partial charge in [0.05, 0.1) is 11.3 Å². The number of hydrogen-bond acceptors (Lipinski definition) is 3. The van der Waals surface area contributed by atoms with Crippen LogP contribution in [-0.2, 0) is 27.8 Å². The van der Waals surface area contributed by atoms with E-state index in [4.69, 9.17) is 11.6 Å². The zero-order chi connectivity index (χ0) is 20.1. The van der Waals surface area contributed by atoms with Crippen LogP contribution in [0.25, 0.3) is 0 Å². The van der Waals surface area contributed by atoms with Gasteiger partial charge in [0.25, 0.3) is 0 Å². The molecule has 1 fully saturated rings. The van der Waals surface area contributed by atoms with Crippen molar-refractivity contribution >= 4 is 27.5 Å². The quantitative estimate of drug-likeness (QED) is 0.771. The predicted molar refractivity (Wildman–Crippen MR) is 106 cm³/mol. The molecule has 1 aliphatic heterocycles. The number of hydrogen-bond donors (Lipinski definition) is 1. The van der Waals surface area contributed by atoms with Crippen LogP contribution in [-0.4, -0.2) is 31.7 Å². The number of halogens is 2. The SMILES string of the molecule is O=C(Cc1c(F)cccc1Cl)NCc1ccc(S(=O)(=O)N2CCCCC2)cc1. The van der Waals surface area contributed by atoms with E-state index in [1.807, 2.05) is 0 Å². The van der Waals surface area contributed by atoms with Crippen molar-refractivity contribution in [3.05, 3.63) is 64.4 Å². The van der Waals surface area contributed by atoms with Gasteiger partial charge >= 0.3 is 0 Å². The van der Waals surface area contributed by atoms with Crippen LogP contribution >= 0.6 is 11.6 Å². The van der Waals surface area contributed by atoms with E-state index in [-0.39, 0.29) is 34.4 Å². The molecule has 1 saturated heterocycles. The second kappa shape index (κ2) is 9.03. The maximum atomic E-state index is 13.8. The highest BCUT2D eigenvalue weighted by Gasteiger charge is 2.25. The van der Waals surface area contributed by atoms with Gasteiger partial charge in [-0.25, -0.2) is 12.8 Å². The van der Waals surface area contributed by atoms with Crippen molar-refractivity contribution in [1.82, 2.24) is 9.62 Å². The Morgan fingerprint density at radius 3 is 2.39 bits per heavy atom. The minimum Gasteiger partial charge on any atom is -0.352 e. The summed E-state index contributed by atoms with van der Waals surface area (Å²) in [5.41, 5.74) is 0.912. The van der Waals surface area contributed by atoms with Crippen molar-refractivity contribution < 1.29 is 17.6 Å². The molecule has 0 aromatic heterocycles. The second-order valence-corrected chi connectivity index (χ2v) is 9.11. The number of carbonyl (C=O) groups excluding carboxylic acids is 1. The summed E-state index contributed by atoms with van der Waals surface area (Å²) in [6, 6.07) is 10.7. The Hall–Kier alpha value is -1.96. The van der Waals surface area contributed by atoms with Crippen LogP contribution in [0.2, 0.25) is 5.02 Å². The van der Waals surface area contributed by atoms with Gasteiger partial charge < -0.3 is 5.32 Å². The minimum atomic E-state index is -3.47. The zero-order valence-corrected chi connectivity index (χ0v) is 16.9. The molecule has 1 aliphatic rings. The molecule has 0 aliphatic carbocycles. The van der Waals surface area contributed by atoms with E-state index < -0.39 is 15.8 Å². The Bertz CT molecular complexity index is 922. The molecule has 0 saturated carbocycles. The lowest BCUT2D eigenvalue weighted by molar-refractivity contribution is -0.120. The predicted octanol–water partition coefficient (Wildman–Crippen LogP) is 3.51. The molecule has 1 N–H and O–H groups in total. The third-order valence-electron chi connectivity index (χ3n) is 4.76. The van der Waals surface area contributed by atoms with Gasteiger partial charge in [-0.3, -0.25) is 4.79 Å². The van der Waals surface area contributed by atoms with E-state index in [0.29, 0.717) is 13.1 Å². The Morgan fingerprint density at radius 1 is 1.07 bits per heavy atom. The molecule has 0 unspecified atom stereocenters. The summed E-state index contributed by atoms with van der Waals surface area (Å²) in [5, 5.41) is 2.91. The smallest absolute Gasteiger partial charge is 0.243 e. The minimum absolute atomic E-state index is 0.157. The van der Waals surface area contributed by atoms with Crippen molar-refractivity contribution in [2.75, 3.05) is 13.1 Å². The summed E-state index contributed by atoms with van der Waals surface area (Å²) < 4.78 is 40.6. The summed E-state index contributed by atoms with van der Waals surface area (Å²) in [5.74, 6) is -0.882. The monoisotopic (exact) mass is 424 g/mol. The van der Waals surface area contributed by atoms with Crippen molar-refractivity contribution in [2.24, 2.45) is 0 Å². The van der Waals surface area contributed by atoms with Crippen LogP contribution in [0, 0.1) is 5.82 Å². The molecule has 0 radical (unpaired) electrons. The first-order chi connectivity index (χ1) is 13.4. The summed E-state index contributed by atoms with van der Waals surface area (Å²) in [6.07, 6.45) is 2.67. The molecule has 3 rings (SSSR count). The zero-order valence-electron chi connectivity index (χ0n) is 15.3. The van der Waals surface area contributed by atoms with E-state index in [1.54, 1.807) is 24.3 Å². The van der Waals surface area contributed by atoms with E-state index in [1.165, 1.54) is 22.5 Å². The van der Waals surface area contributed by atoms with Gasteiger partial charge in [0, 0.05) is 30.2 Å². The van der Waals surface area contributed by atoms with Gasteiger partial charge in [-0.05, 0) is 42.7 Å². The lowest BCUT2D eigenvalue weighted by atomic mass is 10.1. The van der Waals surface area contributed by atoms with Crippen LogP contribution in [0.1, 0.15) is 30.4 Å². The second-order valence-electron chi connectivity index (χ2n) is 6.76. The molecule has 150 valence electrons. The first-order valence-corrected chi connectivity index (χ1v) is 11.0. The van der Waals surface area contributed by atoms with Crippen molar-refractivity contribution in [1.29, 1.82) is 0 Å². The number of sulfonamides is 1. The molecule has 1 heterocycles. The van der Waals surface area contributed by atoms with E-state index in [2.05, 4.69) is 5.32 Å². The Labute approximate surface area is 169 Å². The Balaban J connectivity index is 1.59. The third kappa shape index (κ3) is 4.90. The van der Waals surface area contributed by atoms with Gasteiger partial charge in [0.1, 0.15) is 5.82 Å². The Morgan fingerprint density at radius 2 is 1.75 bits per heavy atom. The molecule has 5 nitrogen and oxygen atoms in total. The highest BCUT2D eigenvalue weighted by Crippen LogP contribution is 2.21. The van der Waals surface area contributed by atoms with Gasteiger partial charge in [0.2, 0.25) is 15.9 Å². The summed E-state index contributed by atoms with van der Waals surface area (Å²) in [6.45, 7) is 1.33. The van der Waals surface area contributed by atoms with Crippen molar-refractivity contribution in [2.45, 2.75) is 37.1 Å². The average molecular weight is 425 g/mol. The largest absolute Gasteiger partial charge is 0.352 e. The van der Waals surface area contributed by atoms with Gasteiger partial charge in [-0.2, -0.15) is 4.31 Å². The number of amides is 1. The number of rotatable bonds is 6. The molecule has 0 atom stereocenters. The van der Waals surface area contributed by atoms with Gasteiger partial charge in [-0.1, -0.05) is 36.2 Å². The fourth-order valence-electron chi connectivity index (χ4n) is 3.16. The number of nitrogens with zero attached hydrogens (tertiary/aromatic N) is 1. The fraction of sp³-hybridized carbons (Fsp3) is 0.350. The number of piperidine rings is 1. The molecule has 8 heteroatoms. The summed E-state index contributed by atoms with van der Waals surface area (Å²) >= 11 is 5.93. The topological polar surface area (TPSA) is 66.5 Å². The highest BCUT2D eigenvalue weighted by atomic mass is 35.5. The maximum absolute atomic E-state index is 13.8. The molecule has 1 amide bonds. The third-order valence-corrected chi connectivity index (χ3v) is 7.03. The van der Waals surface area contributed by atoms with Gasteiger partial charge in [-0.15, -0.1) is 0 Å². The first-order valence-electron chi connectivity index (χ1n) is 9.16. The van der Waals surface area contributed by atoms with Crippen LogP contribution in [0.5, 0.6) is 0 Å². The molecule has 0 spiro atoms. The molecule has 28 heavy (non-hydrogen) atoms. The summed E-state index contributed by atoms with van der Waals surface area (Å²) in [7, 11) is -3.47. The number of carbonyl (C=O) groups is 1. The highest BCUT2D eigenvalue weighted by molar-refractivity contribution is 7.89. The average Bonchev–Trinajstić information content (AvgIpc) is 2.70. The van der Waals surface area contributed by atoms with Crippen LogP contribution in [0.15, 0.2) is 47.4 Å². The van der Waals surface area contributed by atoms with Crippen molar-refractivity contribution in [3.8, 4) is 0 Å². The van der Waals surface area contributed by atoms with E-state index >= 15 is 0 Å². The normalized spacial score (nSPS) is 15.4. The fourth-order valence-corrected chi connectivity index (χ4v) is 4.91. The summed E-state index contributed by atoms with van der Waals surface area (Å²) in [4.78, 5) is 12.3.